The lowest BCUT2D eigenvalue weighted by molar-refractivity contribution is -0.250. The molecule has 47 heavy (non-hydrogen) atoms. The van der Waals surface area contributed by atoms with Crippen LogP contribution >= 0.6 is 0 Å². The van der Waals surface area contributed by atoms with E-state index in [0.717, 1.165) is 43.9 Å². The lowest BCUT2D eigenvalue weighted by Crippen LogP contribution is -2.64. The molecule has 9 unspecified atom stereocenters. The number of hydrogen-bond acceptors (Lipinski definition) is 7. The highest BCUT2D eigenvalue weighted by atomic mass is 16.7. The number of morpholine rings is 1. The molecule has 7 heteroatoms. The van der Waals surface area contributed by atoms with Gasteiger partial charge in [-0.1, -0.05) is 20.8 Å². The summed E-state index contributed by atoms with van der Waals surface area (Å²) in [7, 11) is 0. The summed E-state index contributed by atoms with van der Waals surface area (Å²) in [5.41, 5.74) is 0.737. The summed E-state index contributed by atoms with van der Waals surface area (Å²) in [6, 6.07) is 1.31. The van der Waals surface area contributed by atoms with Gasteiger partial charge in [-0.2, -0.15) is 0 Å². The van der Waals surface area contributed by atoms with E-state index < -0.39 is 5.60 Å². The highest BCUT2D eigenvalue weighted by molar-refractivity contribution is 5.29. The van der Waals surface area contributed by atoms with Crippen LogP contribution in [0.1, 0.15) is 120 Å². The monoisotopic (exact) mass is 657 g/mol. The standard InChI is InChI=1S/C40H68N2O5/c1-9-44-35(37(6,7)43)30-12-10-28-31(46-30)20-29-27-11-13-32-36(4,5)33(14-15-40(32)24-39(27,40)17-16-38(28,29)8)47-34-23-41(18-19-45-34)26-21-42(22-26)25(2)3/h25-35,43H,9-24H2,1-8H3/t27?,28?,29?,30?,31?,32?,33-,34?,35-,38?,39-,40?/m0/s1. The second kappa shape index (κ2) is 11.6. The molecule has 8 rings (SSSR count). The van der Waals surface area contributed by atoms with Crippen molar-refractivity contribution < 1.29 is 24.1 Å². The fraction of sp³-hybridized carbons (Fsp3) is 1.00. The van der Waals surface area contributed by atoms with E-state index in [0.29, 0.717) is 47.0 Å². The van der Waals surface area contributed by atoms with Crippen LogP contribution in [0, 0.1) is 45.3 Å². The van der Waals surface area contributed by atoms with Crippen LogP contribution in [-0.4, -0.2) is 103 Å². The molecule has 7 nitrogen and oxygen atoms in total. The predicted octanol–water partition coefficient (Wildman–Crippen LogP) is 6.51. The van der Waals surface area contributed by atoms with E-state index in [-0.39, 0.29) is 30.0 Å². The van der Waals surface area contributed by atoms with Gasteiger partial charge in [-0.15, -0.1) is 0 Å². The minimum Gasteiger partial charge on any atom is -0.388 e. The van der Waals surface area contributed by atoms with Crippen molar-refractivity contribution in [2.75, 3.05) is 39.4 Å². The fourth-order valence-corrected chi connectivity index (χ4v) is 14.0. The van der Waals surface area contributed by atoms with Crippen molar-refractivity contribution in [1.82, 2.24) is 9.80 Å². The fourth-order valence-electron chi connectivity index (χ4n) is 14.0. The maximum absolute atomic E-state index is 11.0. The average molecular weight is 657 g/mol. The number of hydrogen-bond donors (Lipinski definition) is 1. The van der Waals surface area contributed by atoms with E-state index in [1.165, 1.54) is 70.9 Å². The van der Waals surface area contributed by atoms with Gasteiger partial charge in [0.2, 0.25) is 0 Å². The van der Waals surface area contributed by atoms with Crippen LogP contribution in [0.3, 0.4) is 0 Å². The second-order valence-corrected chi connectivity index (χ2v) is 19.5. The smallest absolute Gasteiger partial charge is 0.170 e. The zero-order valence-corrected chi connectivity index (χ0v) is 31.1. The summed E-state index contributed by atoms with van der Waals surface area (Å²) in [5, 5.41) is 11.0. The van der Waals surface area contributed by atoms with Crippen LogP contribution in [0.25, 0.3) is 0 Å². The second-order valence-electron chi connectivity index (χ2n) is 19.5. The minimum absolute atomic E-state index is 0.00308. The molecule has 3 saturated heterocycles. The summed E-state index contributed by atoms with van der Waals surface area (Å²) in [6.45, 7) is 24.0. The number of nitrogens with zero attached hydrogens (tertiary/aromatic N) is 2. The summed E-state index contributed by atoms with van der Waals surface area (Å²) in [6.07, 6.45) is 13.3. The predicted molar refractivity (Wildman–Crippen MR) is 184 cm³/mol. The molecule has 0 amide bonds. The van der Waals surface area contributed by atoms with Gasteiger partial charge in [-0.05, 0) is 144 Å². The maximum Gasteiger partial charge on any atom is 0.170 e. The van der Waals surface area contributed by atoms with E-state index in [9.17, 15) is 5.11 Å². The number of aliphatic hydroxyl groups is 1. The van der Waals surface area contributed by atoms with Crippen molar-refractivity contribution in [3.8, 4) is 0 Å². The lowest BCUT2D eigenvalue weighted by atomic mass is 9.46. The van der Waals surface area contributed by atoms with Crippen LogP contribution in [0.5, 0.6) is 0 Å². The van der Waals surface area contributed by atoms with Crippen LogP contribution in [-0.2, 0) is 18.9 Å². The lowest BCUT2D eigenvalue weighted by Gasteiger charge is -2.60. The Balaban J connectivity index is 0.937. The zero-order chi connectivity index (χ0) is 33.1. The van der Waals surface area contributed by atoms with Crippen LogP contribution in [0.15, 0.2) is 0 Å². The SMILES string of the molecule is CCO[C@@H](C1CCC2C(CC3C4CCC5C(C)(C)[C@@H](OC6CN(C7CN(C(C)C)C7)CCO6)CCC56C[C@@]46CCC23C)O1)C(C)(C)O. The van der Waals surface area contributed by atoms with Crippen molar-refractivity contribution in [2.45, 2.75) is 168 Å². The molecule has 8 aliphatic rings. The topological polar surface area (TPSA) is 63.6 Å². The van der Waals surface area contributed by atoms with Gasteiger partial charge in [-0.3, -0.25) is 9.80 Å². The van der Waals surface area contributed by atoms with Crippen molar-refractivity contribution >= 4 is 0 Å². The molecule has 5 aliphatic carbocycles. The Bertz CT molecular complexity index is 1170. The van der Waals surface area contributed by atoms with Gasteiger partial charge in [0.25, 0.3) is 0 Å². The van der Waals surface area contributed by atoms with Gasteiger partial charge in [0.05, 0.1) is 30.5 Å². The molecule has 1 N–H and O–H groups in total. The van der Waals surface area contributed by atoms with Crippen molar-refractivity contribution in [3.63, 3.8) is 0 Å². The Morgan fingerprint density at radius 2 is 1.68 bits per heavy atom. The first-order valence-electron chi connectivity index (χ1n) is 20.0. The Hall–Kier alpha value is -0.280. The summed E-state index contributed by atoms with van der Waals surface area (Å²) in [5.74, 6) is 3.03. The molecular formula is C40H68N2O5. The first kappa shape index (κ1) is 33.8. The van der Waals surface area contributed by atoms with Crippen LogP contribution in [0.4, 0.5) is 0 Å². The third kappa shape index (κ3) is 5.11. The quantitative estimate of drug-likeness (QED) is 0.320. The zero-order valence-electron chi connectivity index (χ0n) is 31.1. The molecule has 5 saturated carbocycles. The molecule has 3 heterocycles. The van der Waals surface area contributed by atoms with E-state index in [1.54, 1.807) is 0 Å². The molecule has 12 atom stereocenters. The first-order valence-corrected chi connectivity index (χ1v) is 20.0. The van der Waals surface area contributed by atoms with Gasteiger partial charge in [-0.25, -0.2) is 0 Å². The highest BCUT2D eigenvalue weighted by Crippen LogP contribution is 2.87. The average Bonchev–Trinajstić information content (AvgIpc) is 3.56. The maximum atomic E-state index is 11.0. The molecule has 0 aromatic carbocycles. The molecule has 8 fully saturated rings. The summed E-state index contributed by atoms with van der Waals surface area (Å²) >= 11 is 0. The van der Waals surface area contributed by atoms with Gasteiger partial charge < -0.3 is 24.1 Å². The van der Waals surface area contributed by atoms with E-state index in [4.69, 9.17) is 18.9 Å². The van der Waals surface area contributed by atoms with Gasteiger partial charge in [0.15, 0.2) is 6.29 Å². The minimum atomic E-state index is -0.893. The molecule has 0 aromatic rings. The molecule has 0 radical (unpaired) electrons. The number of ether oxygens (including phenoxy) is 4. The van der Waals surface area contributed by atoms with Crippen molar-refractivity contribution in [2.24, 2.45) is 45.3 Å². The van der Waals surface area contributed by atoms with E-state index >= 15 is 0 Å². The molecular weight excluding hydrogens is 588 g/mol. The van der Waals surface area contributed by atoms with Crippen LogP contribution in [0.2, 0.25) is 0 Å². The Kier molecular flexibility index (Phi) is 8.36. The molecule has 0 aromatic heterocycles. The Morgan fingerprint density at radius 3 is 2.40 bits per heavy atom. The van der Waals surface area contributed by atoms with Crippen molar-refractivity contribution in [3.05, 3.63) is 0 Å². The largest absolute Gasteiger partial charge is 0.388 e. The third-order valence-corrected chi connectivity index (χ3v) is 16.5. The van der Waals surface area contributed by atoms with Crippen molar-refractivity contribution in [1.29, 1.82) is 0 Å². The van der Waals surface area contributed by atoms with Gasteiger partial charge in [0, 0.05) is 44.9 Å². The molecule has 2 spiro atoms. The molecule has 0 bridgehead atoms. The highest BCUT2D eigenvalue weighted by Gasteiger charge is 2.80. The Morgan fingerprint density at radius 1 is 0.915 bits per heavy atom. The molecule has 3 aliphatic heterocycles. The van der Waals surface area contributed by atoms with E-state index in [2.05, 4.69) is 44.4 Å². The normalized spacial score (nSPS) is 48.9. The summed E-state index contributed by atoms with van der Waals surface area (Å²) < 4.78 is 26.4. The first-order chi connectivity index (χ1) is 22.2. The summed E-state index contributed by atoms with van der Waals surface area (Å²) in [4.78, 5) is 5.23. The number of likely N-dealkylation sites (tertiary alicyclic amines) is 1. The third-order valence-electron chi connectivity index (χ3n) is 16.5. The van der Waals surface area contributed by atoms with Crippen LogP contribution < -0.4 is 0 Å². The Labute approximate surface area is 286 Å². The van der Waals surface area contributed by atoms with E-state index in [1.807, 2.05) is 20.8 Å². The van der Waals surface area contributed by atoms with Gasteiger partial charge in [0.1, 0.15) is 6.10 Å². The molecule has 268 valence electrons. The van der Waals surface area contributed by atoms with Gasteiger partial charge >= 0.3 is 0 Å². The number of rotatable bonds is 8. The number of fused-ring (bicyclic) bond motifs is 4.